The van der Waals surface area contributed by atoms with Crippen LogP contribution in [-0.2, 0) is 10.3 Å². The number of methoxy groups -OCH3 is 1. The molecule has 5 rings (SSSR count). The van der Waals surface area contributed by atoms with E-state index >= 15 is 0 Å². The number of amides is 1. The topological polar surface area (TPSA) is 47.4 Å². The average molecular weight is 482 g/mol. The zero-order valence-corrected chi connectivity index (χ0v) is 19.8. The van der Waals surface area contributed by atoms with Gasteiger partial charge in [0.25, 0.3) is 5.91 Å². The Balaban J connectivity index is 1.48. The van der Waals surface area contributed by atoms with Crippen LogP contribution in [0, 0.1) is 24.4 Å². The number of aryl methyl sites for hydroxylation is 1. The van der Waals surface area contributed by atoms with E-state index in [-0.39, 0.29) is 17.5 Å². The van der Waals surface area contributed by atoms with Gasteiger partial charge in [0, 0.05) is 17.8 Å². The molecule has 8 heteroatoms. The van der Waals surface area contributed by atoms with Crippen LogP contribution in [-0.4, -0.2) is 33.5 Å². The summed E-state index contributed by atoms with van der Waals surface area (Å²) in [7, 11) is 1.59. The standard InChI is InChI=1S/C27H26F3N3O2/c1-16-14-32(15-31-16)23-7-4-17(11-24(23)35-3)10-18-5-6-20-8-9-27(2,33(20)26(18)34)19-12-21(28)25(30)22(29)13-19/h4,7,10-15,20H,5-6,8-9H2,1-3H3/b18-10+/t20-,27+/m0/s1. The number of aromatic nitrogens is 2. The number of nitrogens with zero attached hydrogens (tertiary/aromatic N) is 3. The summed E-state index contributed by atoms with van der Waals surface area (Å²) in [4.78, 5) is 19.6. The van der Waals surface area contributed by atoms with Crippen molar-refractivity contribution in [1.29, 1.82) is 0 Å². The van der Waals surface area contributed by atoms with Crippen molar-refractivity contribution in [2.75, 3.05) is 7.11 Å². The van der Waals surface area contributed by atoms with Crippen molar-refractivity contribution in [3.8, 4) is 11.4 Å². The molecule has 0 aliphatic carbocycles. The SMILES string of the molecule is COc1cc(/C=C2\CC[C@H]3CC[C@](C)(c4cc(F)c(F)c(F)c4)N3C2=O)ccc1-n1cnc(C)c1. The van der Waals surface area contributed by atoms with Gasteiger partial charge in [0.1, 0.15) is 5.75 Å². The summed E-state index contributed by atoms with van der Waals surface area (Å²) in [6, 6.07) is 7.67. The molecule has 0 saturated carbocycles. The van der Waals surface area contributed by atoms with E-state index in [1.165, 1.54) is 0 Å². The predicted octanol–water partition coefficient (Wildman–Crippen LogP) is 5.69. The third-order valence-electron chi connectivity index (χ3n) is 7.24. The Hall–Kier alpha value is -3.55. The Morgan fingerprint density at radius 3 is 2.54 bits per heavy atom. The second kappa shape index (κ2) is 8.59. The quantitative estimate of drug-likeness (QED) is 0.355. The lowest BCUT2D eigenvalue weighted by Gasteiger charge is -2.42. The molecule has 1 amide bonds. The van der Waals surface area contributed by atoms with Gasteiger partial charge in [-0.3, -0.25) is 4.79 Å². The van der Waals surface area contributed by atoms with Crippen molar-refractivity contribution in [2.45, 2.75) is 51.1 Å². The van der Waals surface area contributed by atoms with Gasteiger partial charge < -0.3 is 14.2 Å². The molecule has 5 nitrogen and oxygen atoms in total. The van der Waals surface area contributed by atoms with E-state index in [4.69, 9.17) is 4.74 Å². The van der Waals surface area contributed by atoms with Crippen LogP contribution in [0.5, 0.6) is 5.75 Å². The van der Waals surface area contributed by atoms with Crippen LogP contribution in [0.2, 0.25) is 0 Å². The first-order valence-electron chi connectivity index (χ1n) is 11.6. The zero-order chi connectivity index (χ0) is 24.9. The van der Waals surface area contributed by atoms with Crippen LogP contribution in [0.4, 0.5) is 13.2 Å². The molecule has 2 aromatic carbocycles. The Bertz CT molecular complexity index is 1330. The highest BCUT2D eigenvalue weighted by molar-refractivity contribution is 5.99. The van der Waals surface area contributed by atoms with E-state index in [2.05, 4.69) is 4.98 Å². The van der Waals surface area contributed by atoms with Crippen LogP contribution < -0.4 is 4.74 Å². The van der Waals surface area contributed by atoms with Gasteiger partial charge in [0.2, 0.25) is 0 Å². The third kappa shape index (κ3) is 3.90. The number of carbonyl (C=O) groups is 1. The minimum atomic E-state index is -1.50. The van der Waals surface area contributed by atoms with Gasteiger partial charge in [-0.15, -0.1) is 0 Å². The average Bonchev–Trinajstić information content (AvgIpc) is 3.43. The lowest BCUT2D eigenvalue weighted by Crippen LogP contribution is -2.50. The van der Waals surface area contributed by atoms with Gasteiger partial charge >= 0.3 is 0 Å². The summed E-state index contributed by atoms with van der Waals surface area (Å²) < 4.78 is 49.1. The molecule has 182 valence electrons. The molecule has 2 atom stereocenters. The predicted molar refractivity (Wildman–Crippen MR) is 126 cm³/mol. The highest BCUT2D eigenvalue weighted by Gasteiger charge is 2.49. The molecule has 0 N–H and O–H groups in total. The van der Waals surface area contributed by atoms with Crippen LogP contribution in [0.1, 0.15) is 49.4 Å². The Kier molecular flexibility index (Phi) is 5.69. The molecule has 2 aliphatic heterocycles. The molecular formula is C27H26F3N3O2. The summed E-state index contributed by atoms with van der Waals surface area (Å²) in [6.07, 6.45) is 8.09. The summed E-state index contributed by atoms with van der Waals surface area (Å²) >= 11 is 0. The van der Waals surface area contributed by atoms with Gasteiger partial charge in [-0.05, 0) is 81.0 Å². The van der Waals surface area contributed by atoms with Crippen molar-refractivity contribution in [3.05, 3.63) is 82.7 Å². The maximum atomic E-state index is 14.0. The molecule has 0 spiro atoms. The Morgan fingerprint density at radius 1 is 1.14 bits per heavy atom. The molecule has 2 fully saturated rings. The van der Waals surface area contributed by atoms with E-state index in [1.807, 2.05) is 42.0 Å². The van der Waals surface area contributed by atoms with E-state index in [0.29, 0.717) is 24.2 Å². The first-order valence-corrected chi connectivity index (χ1v) is 11.6. The Labute approximate surface area is 201 Å². The van der Waals surface area contributed by atoms with Crippen LogP contribution in [0.15, 0.2) is 48.4 Å². The molecule has 0 bridgehead atoms. The fourth-order valence-corrected chi connectivity index (χ4v) is 5.38. The monoisotopic (exact) mass is 481 g/mol. The molecule has 2 aliphatic rings. The molecule has 2 saturated heterocycles. The molecule has 3 aromatic rings. The molecule has 0 radical (unpaired) electrons. The van der Waals surface area contributed by atoms with E-state index in [1.54, 1.807) is 25.3 Å². The van der Waals surface area contributed by atoms with Crippen molar-refractivity contribution >= 4 is 12.0 Å². The highest BCUT2D eigenvalue weighted by Crippen LogP contribution is 2.47. The first kappa shape index (κ1) is 23.2. The number of ether oxygens (including phenoxy) is 1. The van der Waals surface area contributed by atoms with Crippen LogP contribution in [0.3, 0.4) is 0 Å². The van der Waals surface area contributed by atoms with Crippen molar-refractivity contribution < 1.29 is 22.7 Å². The normalized spacial score (nSPS) is 23.1. The van der Waals surface area contributed by atoms with E-state index < -0.39 is 23.0 Å². The third-order valence-corrected chi connectivity index (χ3v) is 7.24. The number of halogens is 3. The van der Waals surface area contributed by atoms with Crippen molar-refractivity contribution in [2.24, 2.45) is 0 Å². The lowest BCUT2D eigenvalue weighted by atomic mass is 9.87. The second-order valence-corrected chi connectivity index (χ2v) is 9.46. The van der Waals surface area contributed by atoms with Gasteiger partial charge in [-0.25, -0.2) is 18.2 Å². The molecule has 35 heavy (non-hydrogen) atoms. The van der Waals surface area contributed by atoms with Crippen molar-refractivity contribution in [1.82, 2.24) is 14.5 Å². The highest BCUT2D eigenvalue weighted by atomic mass is 19.2. The molecule has 0 unspecified atom stereocenters. The number of carbonyl (C=O) groups excluding carboxylic acids is 1. The van der Waals surface area contributed by atoms with E-state index in [0.717, 1.165) is 41.9 Å². The number of hydrogen-bond acceptors (Lipinski definition) is 3. The van der Waals surface area contributed by atoms with Crippen molar-refractivity contribution in [3.63, 3.8) is 0 Å². The fraction of sp³-hybridized carbons (Fsp3) is 0.333. The molecule has 3 heterocycles. The van der Waals surface area contributed by atoms with Gasteiger partial charge in [0.05, 0.1) is 30.4 Å². The number of piperidine rings is 1. The zero-order valence-electron chi connectivity index (χ0n) is 19.8. The minimum Gasteiger partial charge on any atom is -0.495 e. The summed E-state index contributed by atoms with van der Waals surface area (Å²) in [5.41, 5.74) is 2.49. The number of rotatable bonds is 4. The fourth-order valence-electron chi connectivity index (χ4n) is 5.38. The smallest absolute Gasteiger partial charge is 0.250 e. The van der Waals surface area contributed by atoms with Gasteiger partial charge in [-0.2, -0.15) is 0 Å². The van der Waals surface area contributed by atoms with Crippen LogP contribution in [0.25, 0.3) is 11.8 Å². The second-order valence-electron chi connectivity index (χ2n) is 9.46. The maximum Gasteiger partial charge on any atom is 0.250 e. The number of fused-ring (bicyclic) bond motifs is 1. The summed E-state index contributed by atoms with van der Waals surface area (Å²) in [5.74, 6) is -3.52. The van der Waals surface area contributed by atoms with Crippen LogP contribution >= 0.6 is 0 Å². The molecule has 1 aromatic heterocycles. The van der Waals surface area contributed by atoms with Gasteiger partial charge in [0.15, 0.2) is 17.5 Å². The Morgan fingerprint density at radius 2 is 1.89 bits per heavy atom. The maximum absolute atomic E-state index is 14.0. The summed E-state index contributed by atoms with van der Waals surface area (Å²) in [6.45, 7) is 3.70. The lowest BCUT2D eigenvalue weighted by molar-refractivity contribution is -0.135. The number of hydrogen-bond donors (Lipinski definition) is 0. The van der Waals surface area contributed by atoms with E-state index in [9.17, 15) is 18.0 Å². The minimum absolute atomic E-state index is 0.0257. The first-order chi connectivity index (χ1) is 16.7. The molecular weight excluding hydrogens is 455 g/mol. The largest absolute Gasteiger partial charge is 0.495 e. The number of benzene rings is 2. The van der Waals surface area contributed by atoms with Gasteiger partial charge in [-0.1, -0.05) is 6.07 Å². The number of imidazole rings is 1. The summed E-state index contributed by atoms with van der Waals surface area (Å²) in [5, 5.41) is 0.